The molecule has 1 atom stereocenters. The maximum atomic E-state index is 13.8. The number of hydrogen-bond donors (Lipinski definition) is 1. The molecular weight excluding hydrogens is 457 g/mol. The maximum Gasteiger partial charge on any atom is 0.230 e. The molecule has 34 heavy (non-hydrogen) atoms. The summed E-state index contributed by atoms with van der Waals surface area (Å²) < 4.78 is 26.8. The van der Waals surface area contributed by atoms with Gasteiger partial charge in [-0.1, -0.05) is 43.8 Å². The van der Waals surface area contributed by atoms with E-state index in [2.05, 4.69) is 40.8 Å². The molecule has 182 valence electrons. The van der Waals surface area contributed by atoms with E-state index in [1.54, 1.807) is 35.1 Å². The smallest absolute Gasteiger partial charge is 0.230 e. The highest BCUT2D eigenvalue weighted by Gasteiger charge is 2.22. The van der Waals surface area contributed by atoms with Gasteiger partial charge in [-0.3, -0.25) is 14.3 Å². The minimum absolute atomic E-state index is 0.0366. The topological polar surface area (TPSA) is 85.4 Å². The van der Waals surface area contributed by atoms with Crippen LogP contribution in [0.15, 0.2) is 64.9 Å². The second-order valence-corrected chi connectivity index (χ2v) is 8.30. The predicted molar refractivity (Wildman–Crippen MR) is 129 cm³/mol. The Morgan fingerprint density at radius 3 is 2.76 bits per heavy atom. The van der Waals surface area contributed by atoms with Crippen molar-refractivity contribution >= 4 is 17.7 Å². The van der Waals surface area contributed by atoms with E-state index in [4.69, 9.17) is 9.15 Å². The van der Waals surface area contributed by atoms with E-state index in [9.17, 15) is 9.18 Å². The van der Waals surface area contributed by atoms with Crippen molar-refractivity contribution in [1.82, 2.24) is 25.0 Å². The Bertz CT molecular complexity index is 1050. The zero-order valence-corrected chi connectivity index (χ0v) is 20.3. The molecule has 2 heterocycles. The number of thioether (sulfide) groups is 1. The fourth-order valence-corrected chi connectivity index (χ4v) is 4.29. The van der Waals surface area contributed by atoms with Gasteiger partial charge < -0.3 is 14.5 Å². The van der Waals surface area contributed by atoms with Gasteiger partial charge in [0.2, 0.25) is 5.91 Å². The van der Waals surface area contributed by atoms with Crippen LogP contribution >= 0.6 is 11.8 Å². The number of furan rings is 1. The number of ether oxygens (including phenoxy) is 1. The Morgan fingerprint density at radius 2 is 2.09 bits per heavy atom. The van der Waals surface area contributed by atoms with E-state index in [0.29, 0.717) is 24.1 Å². The number of carbonyl (C=O) groups is 1. The van der Waals surface area contributed by atoms with Crippen LogP contribution in [0.1, 0.15) is 31.5 Å². The van der Waals surface area contributed by atoms with Gasteiger partial charge in [0.1, 0.15) is 12.4 Å². The number of para-hydroxylation sites is 1. The van der Waals surface area contributed by atoms with Gasteiger partial charge in [0.15, 0.2) is 22.5 Å². The van der Waals surface area contributed by atoms with Crippen LogP contribution in [0.5, 0.6) is 5.75 Å². The van der Waals surface area contributed by atoms with E-state index in [1.165, 1.54) is 17.8 Å². The molecule has 0 spiro atoms. The summed E-state index contributed by atoms with van der Waals surface area (Å²) in [7, 11) is 0. The number of halogens is 1. The number of aromatic nitrogens is 3. The van der Waals surface area contributed by atoms with E-state index < -0.39 is 5.82 Å². The summed E-state index contributed by atoms with van der Waals surface area (Å²) in [4.78, 5) is 14.8. The summed E-state index contributed by atoms with van der Waals surface area (Å²) in [6.07, 6.45) is 3.35. The average Bonchev–Trinajstić information content (AvgIpc) is 3.51. The normalized spacial score (nSPS) is 12.0. The minimum atomic E-state index is -0.443. The summed E-state index contributed by atoms with van der Waals surface area (Å²) in [6, 6.07) is 9.92. The number of nitrogens with zero attached hydrogens (tertiary/aromatic N) is 4. The zero-order valence-electron chi connectivity index (χ0n) is 19.4. The molecule has 0 fully saturated rings. The second-order valence-electron chi connectivity index (χ2n) is 7.36. The quantitative estimate of drug-likeness (QED) is 0.271. The van der Waals surface area contributed by atoms with E-state index >= 15 is 0 Å². The Balaban J connectivity index is 1.58. The second kappa shape index (κ2) is 13.0. The van der Waals surface area contributed by atoms with Gasteiger partial charge in [-0.15, -0.1) is 16.8 Å². The lowest BCUT2D eigenvalue weighted by atomic mass is 10.2. The van der Waals surface area contributed by atoms with Crippen molar-refractivity contribution in [3.05, 3.63) is 72.7 Å². The number of likely N-dealkylation sites (N-methyl/N-ethyl adjacent to an activating group) is 1. The maximum absolute atomic E-state index is 13.8. The lowest BCUT2D eigenvalue weighted by molar-refractivity contribution is -0.118. The largest absolute Gasteiger partial charge is 0.483 e. The molecule has 3 aromatic rings. The molecule has 1 N–H and O–H groups in total. The monoisotopic (exact) mass is 487 g/mol. The number of allylic oxidation sites excluding steroid dienone is 1. The number of amides is 1. The molecule has 0 radical (unpaired) electrons. The highest BCUT2D eigenvalue weighted by Crippen LogP contribution is 2.22. The molecule has 8 nitrogen and oxygen atoms in total. The fraction of sp³-hybridized carbons (Fsp3) is 0.375. The van der Waals surface area contributed by atoms with Crippen molar-refractivity contribution in [2.75, 3.05) is 25.4 Å². The molecule has 1 amide bonds. The Hall–Kier alpha value is -3.11. The number of nitrogens with one attached hydrogen (secondary N) is 1. The number of carbonyl (C=O) groups excluding carboxylic acids is 1. The van der Waals surface area contributed by atoms with Crippen LogP contribution in [0.3, 0.4) is 0 Å². The lowest BCUT2D eigenvalue weighted by Crippen LogP contribution is -2.38. The highest BCUT2D eigenvalue weighted by molar-refractivity contribution is 7.99. The van der Waals surface area contributed by atoms with Crippen LogP contribution in [0.4, 0.5) is 4.39 Å². The molecule has 0 bridgehead atoms. The third kappa shape index (κ3) is 6.71. The molecule has 0 aliphatic rings. The lowest BCUT2D eigenvalue weighted by Gasteiger charge is -2.28. The molecular formula is C24H30FN5O3S. The average molecular weight is 488 g/mol. The van der Waals surface area contributed by atoms with Gasteiger partial charge in [0.25, 0.3) is 0 Å². The van der Waals surface area contributed by atoms with Gasteiger partial charge in [-0.2, -0.15) is 0 Å². The van der Waals surface area contributed by atoms with Crippen molar-refractivity contribution in [3.63, 3.8) is 0 Å². The number of rotatable bonds is 14. The van der Waals surface area contributed by atoms with Crippen molar-refractivity contribution in [1.29, 1.82) is 0 Å². The fourth-order valence-electron chi connectivity index (χ4n) is 3.50. The first kappa shape index (κ1) is 25.5. The van der Waals surface area contributed by atoms with Crippen LogP contribution in [-0.4, -0.2) is 51.0 Å². The molecule has 1 aromatic carbocycles. The van der Waals surface area contributed by atoms with E-state index in [1.807, 2.05) is 12.1 Å². The molecule has 0 saturated carbocycles. The van der Waals surface area contributed by atoms with Gasteiger partial charge in [-0.05, 0) is 37.4 Å². The first-order valence-electron chi connectivity index (χ1n) is 11.1. The van der Waals surface area contributed by atoms with Crippen molar-refractivity contribution in [2.45, 2.75) is 38.2 Å². The van der Waals surface area contributed by atoms with Gasteiger partial charge in [0.05, 0.1) is 18.1 Å². The third-order valence-electron chi connectivity index (χ3n) is 5.25. The molecule has 0 aliphatic heterocycles. The van der Waals surface area contributed by atoms with Crippen LogP contribution in [-0.2, 0) is 17.9 Å². The van der Waals surface area contributed by atoms with Crippen LogP contribution < -0.4 is 10.1 Å². The number of hydrogen-bond acceptors (Lipinski definition) is 7. The van der Waals surface area contributed by atoms with E-state index in [-0.39, 0.29) is 30.1 Å². The number of benzene rings is 1. The summed E-state index contributed by atoms with van der Waals surface area (Å²) in [5, 5.41) is 11.9. The minimum Gasteiger partial charge on any atom is -0.483 e. The third-order valence-corrected chi connectivity index (χ3v) is 6.21. The van der Waals surface area contributed by atoms with E-state index in [0.717, 1.165) is 18.8 Å². The van der Waals surface area contributed by atoms with Crippen LogP contribution in [0.2, 0.25) is 0 Å². The zero-order chi connectivity index (χ0) is 24.3. The molecule has 0 aliphatic carbocycles. The van der Waals surface area contributed by atoms with Gasteiger partial charge in [0, 0.05) is 13.1 Å². The first-order chi connectivity index (χ1) is 16.6. The Morgan fingerprint density at radius 1 is 1.29 bits per heavy atom. The summed E-state index contributed by atoms with van der Waals surface area (Å²) in [5.74, 6) is 1.09. The summed E-state index contributed by atoms with van der Waals surface area (Å²) in [6.45, 7) is 10.5. The van der Waals surface area contributed by atoms with Crippen molar-refractivity contribution in [2.24, 2.45) is 0 Å². The van der Waals surface area contributed by atoms with Crippen LogP contribution in [0, 0.1) is 5.82 Å². The predicted octanol–water partition coefficient (Wildman–Crippen LogP) is 4.07. The van der Waals surface area contributed by atoms with Gasteiger partial charge in [-0.25, -0.2) is 4.39 Å². The highest BCUT2D eigenvalue weighted by atomic mass is 32.2. The molecule has 1 unspecified atom stereocenters. The molecule has 2 aromatic heterocycles. The van der Waals surface area contributed by atoms with Crippen LogP contribution in [0.25, 0.3) is 0 Å². The Kier molecular flexibility index (Phi) is 9.72. The Labute approximate surface area is 203 Å². The standard InChI is InChI=1S/C24H30FN5O3S/c1-4-13-30-22(16-33-20-11-8-7-10-18(20)25)27-28-24(30)34-17-23(31)26-15-19(29(5-2)6-3)21-12-9-14-32-21/h4,7-12,14,19H,1,5-6,13,15-17H2,2-3H3,(H,26,31). The van der Waals surface area contributed by atoms with Crippen molar-refractivity contribution in [3.8, 4) is 5.75 Å². The first-order valence-corrected chi connectivity index (χ1v) is 12.1. The van der Waals surface area contributed by atoms with Crippen molar-refractivity contribution < 1.29 is 18.3 Å². The molecule has 0 saturated heterocycles. The SMILES string of the molecule is C=CCn1c(COc2ccccc2F)nnc1SCC(=O)NCC(c1ccco1)N(CC)CC. The molecule has 3 rings (SSSR count). The summed E-state index contributed by atoms with van der Waals surface area (Å²) >= 11 is 1.27. The van der Waals surface area contributed by atoms with Gasteiger partial charge >= 0.3 is 0 Å². The summed E-state index contributed by atoms with van der Waals surface area (Å²) in [5.41, 5.74) is 0. The molecule has 10 heteroatoms.